The first-order valence-corrected chi connectivity index (χ1v) is 7.42. The molecule has 0 saturated heterocycles. The molecule has 2 aromatic carbocycles. The number of fused-ring (bicyclic) bond motifs is 2. The van der Waals surface area contributed by atoms with Gasteiger partial charge in [0.25, 0.3) is 5.91 Å². The Labute approximate surface area is 137 Å². The molecule has 0 bridgehead atoms. The molecule has 4 aromatic rings. The van der Waals surface area contributed by atoms with Crippen LogP contribution in [-0.4, -0.2) is 25.5 Å². The largest absolute Gasteiger partial charge is 0.508 e. The van der Waals surface area contributed by atoms with Crippen LogP contribution in [0.4, 0.5) is 0 Å². The predicted octanol–water partition coefficient (Wildman–Crippen LogP) is 2.69. The van der Waals surface area contributed by atoms with E-state index in [1.54, 1.807) is 29.0 Å². The Kier molecular flexibility index (Phi) is 2.99. The highest BCUT2D eigenvalue weighted by atomic mass is 16.3. The van der Waals surface area contributed by atoms with Crippen LogP contribution >= 0.6 is 0 Å². The zero-order valence-corrected chi connectivity index (χ0v) is 12.9. The number of rotatable bonds is 2. The molecule has 0 unspecified atom stereocenters. The van der Waals surface area contributed by atoms with Crippen molar-refractivity contribution in [1.29, 1.82) is 0 Å². The van der Waals surface area contributed by atoms with Crippen molar-refractivity contribution in [2.24, 2.45) is 5.73 Å². The van der Waals surface area contributed by atoms with Crippen molar-refractivity contribution in [3.63, 3.8) is 0 Å². The molecule has 2 aromatic heterocycles. The normalized spacial score (nSPS) is 11.2. The number of phenols is 1. The number of phenolic OH excluding ortho intramolecular Hbond substituents is 1. The van der Waals surface area contributed by atoms with E-state index >= 15 is 0 Å². The van der Waals surface area contributed by atoms with Gasteiger partial charge in [0.2, 0.25) is 0 Å². The third-order valence-corrected chi connectivity index (χ3v) is 4.01. The van der Waals surface area contributed by atoms with Gasteiger partial charge >= 0.3 is 0 Å². The first-order valence-electron chi connectivity index (χ1n) is 7.42. The summed E-state index contributed by atoms with van der Waals surface area (Å²) in [4.78, 5) is 21.0. The van der Waals surface area contributed by atoms with Crippen molar-refractivity contribution in [3.8, 4) is 11.4 Å². The average molecular weight is 318 g/mol. The van der Waals surface area contributed by atoms with Crippen LogP contribution < -0.4 is 5.73 Å². The first-order chi connectivity index (χ1) is 11.5. The molecule has 0 aliphatic rings. The maximum atomic E-state index is 11.8. The maximum Gasteiger partial charge on any atom is 0.252 e. The number of hydrogen-bond acceptors (Lipinski definition) is 4. The van der Waals surface area contributed by atoms with Gasteiger partial charge in [-0.2, -0.15) is 0 Å². The van der Waals surface area contributed by atoms with Gasteiger partial charge in [-0.3, -0.25) is 9.36 Å². The second-order valence-electron chi connectivity index (χ2n) is 5.63. The number of aromatic nitrogens is 3. The second-order valence-corrected chi connectivity index (χ2v) is 5.63. The molecule has 6 heteroatoms. The summed E-state index contributed by atoms with van der Waals surface area (Å²) < 4.78 is 1.74. The lowest BCUT2D eigenvalue weighted by Crippen LogP contribution is -2.10. The molecular formula is C18H14N4O2. The van der Waals surface area contributed by atoms with E-state index in [9.17, 15) is 9.90 Å². The predicted molar refractivity (Wildman–Crippen MR) is 91.3 cm³/mol. The van der Waals surface area contributed by atoms with Gasteiger partial charge in [0.1, 0.15) is 11.3 Å². The van der Waals surface area contributed by atoms with Crippen molar-refractivity contribution in [1.82, 2.24) is 14.5 Å². The standard InChI is InChI=1S/C18H14N4O2/c1-10-6-7-11(23)8-15(10)22-9-12(17(19)24)16-18(22)21-14-5-3-2-4-13(14)20-16/h2-9,23H,1H3,(H2,19,24). The van der Waals surface area contributed by atoms with Gasteiger partial charge in [0.05, 0.1) is 22.3 Å². The molecule has 0 spiro atoms. The maximum absolute atomic E-state index is 11.8. The number of primary amides is 1. The van der Waals surface area contributed by atoms with Crippen LogP contribution in [0, 0.1) is 6.92 Å². The Balaban J connectivity index is 2.14. The zero-order chi connectivity index (χ0) is 16.8. The fourth-order valence-electron chi connectivity index (χ4n) is 2.81. The minimum Gasteiger partial charge on any atom is -0.508 e. The monoisotopic (exact) mass is 318 g/mol. The van der Waals surface area contributed by atoms with E-state index in [4.69, 9.17) is 5.73 Å². The molecule has 0 aliphatic heterocycles. The SMILES string of the molecule is Cc1ccc(O)cc1-n1cc(C(N)=O)c2nc3ccccc3nc21. The van der Waals surface area contributed by atoms with Gasteiger partial charge in [-0.1, -0.05) is 18.2 Å². The fraction of sp³-hybridized carbons (Fsp3) is 0.0556. The number of benzene rings is 2. The topological polar surface area (TPSA) is 94.0 Å². The Morgan fingerprint density at radius 1 is 1.12 bits per heavy atom. The summed E-state index contributed by atoms with van der Waals surface area (Å²) in [5.41, 5.74) is 9.84. The summed E-state index contributed by atoms with van der Waals surface area (Å²) >= 11 is 0. The van der Waals surface area contributed by atoms with E-state index < -0.39 is 5.91 Å². The van der Waals surface area contributed by atoms with Crippen molar-refractivity contribution in [2.75, 3.05) is 0 Å². The highest BCUT2D eigenvalue weighted by Gasteiger charge is 2.18. The molecule has 24 heavy (non-hydrogen) atoms. The average Bonchev–Trinajstić information content (AvgIpc) is 2.93. The molecule has 0 aliphatic carbocycles. The van der Waals surface area contributed by atoms with E-state index in [0.717, 1.165) is 16.8 Å². The van der Waals surface area contributed by atoms with Crippen LogP contribution in [0.5, 0.6) is 5.75 Å². The van der Waals surface area contributed by atoms with Gasteiger partial charge in [0.15, 0.2) is 5.65 Å². The lowest BCUT2D eigenvalue weighted by molar-refractivity contribution is 0.100. The van der Waals surface area contributed by atoms with Crippen LogP contribution in [0.15, 0.2) is 48.7 Å². The molecule has 2 heterocycles. The molecule has 6 nitrogen and oxygen atoms in total. The van der Waals surface area contributed by atoms with Crippen molar-refractivity contribution in [3.05, 3.63) is 59.8 Å². The molecule has 3 N–H and O–H groups in total. The lowest BCUT2D eigenvalue weighted by atomic mass is 10.2. The molecule has 0 atom stereocenters. The molecule has 4 rings (SSSR count). The first kappa shape index (κ1) is 14.2. The van der Waals surface area contributed by atoms with Crippen molar-refractivity contribution in [2.45, 2.75) is 6.92 Å². The van der Waals surface area contributed by atoms with E-state index in [2.05, 4.69) is 9.97 Å². The van der Waals surface area contributed by atoms with E-state index in [-0.39, 0.29) is 5.75 Å². The van der Waals surface area contributed by atoms with Crippen LogP contribution in [0.3, 0.4) is 0 Å². The molecule has 118 valence electrons. The molecule has 0 fully saturated rings. The number of nitrogens with two attached hydrogens (primary N) is 1. The zero-order valence-electron chi connectivity index (χ0n) is 12.9. The highest BCUT2D eigenvalue weighted by molar-refractivity contribution is 6.05. The number of carbonyl (C=O) groups is 1. The van der Waals surface area contributed by atoms with Crippen molar-refractivity contribution >= 4 is 28.1 Å². The summed E-state index contributed by atoms with van der Waals surface area (Å²) in [5, 5.41) is 9.82. The quantitative estimate of drug-likeness (QED) is 0.594. The van der Waals surface area contributed by atoms with Gasteiger partial charge in [-0.25, -0.2) is 9.97 Å². The third kappa shape index (κ3) is 2.08. The Hall–Kier alpha value is -3.41. The minimum absolute atomic E-state index is 0.131. The van der Waals surface area contributed by atoms with Crippen molar-refractivity contribution < 1.29 is 9.90 Å². The summed E-state index contributed by atoms with van der Waals surface area (Å²) in [6.07, 6.45) is 1.62. The lowest BCUT2D eigenvalue weighted by Gasteiger charge is -2.09. The molecule has 1 amide bonds. The fourth-order valence-corrected chi connectivity index (χ4v) is 2.81. The summed E-state index contributed by atoms with van der Waals surface area (Å²) in [5.74, 6) is -0.437. The van der Waals surface area contributed by atoms with Gasteiger partial charge < -0.3 is 10.8 Å². The van der Waals surface area contributed by atoms with Crippen LogP contribution in [0.1, 0.15) is 15.9 Å². The number of aryl methyl sites for hydroxylation is 1. The summed E-state index contributed by atoms with van der Waals surface area (Å²) in [6, 6.07) is 12.5. The summed E-state index contributed by atoms with van der Waals surface area (Å²) in [7, 11) is 0. The Morgan fingerprint density at radius 2 is 1.83 bits per heavy atom. The number of hydrogen-bond donors (Lipinski definition) is 2. The third-order valence-electron chi connectivity index (χ3n) is 4.01. The molecular weight excluding hydrogens is 304 g/mol. The number of para-hydroxylation sites is 2. The van der Waals surface area contributed by atoms with E-state index in [1.807, 2.05) is 31.2 Å². The van der Waals surface area contributed by atoms with Gasteiger partial charge in [-0.05, 0) is 30.7 Å². The van der Waals surface area contributed by atoms with Gasteiger partial charge in [0, 0.05) is 12.3 Å². The Morgan fingerprint density at radius 3 is 2.54 bits per heavy atom. The molecule has 0 radical (unpaired) electrons. The number of nitrogens with zero attached hydrogens (tertiary/aromatic N) is 3. The van der Waals surface area contributed by atoms with Gasteiger partial charge in [-0.15, -0.1) is 0 Å². The number of carbonyl (C=O) groups excluding carboxylic acids is 1. The smallest absolute Gasteiger partial charge is 0.252 e. The highest BCUT2D eigenvalue weighted by Crippen LogP contribution is 2.27. The minimum atomic E-state index is -0.568. The molecule has 0 saturated carbocycles. The number of amides is 1. The van der Waals surface area contributed by atoms with Crippen LogP contribution in [0.2, 0.25) is 0 Å². The summed E-state index contributed by atoms with van der Waals surface area (Å²) in [6.45, 7) is 1.92. The number of aromatic hydroxyl groups is 1. The second kappa shape index (κ2) is 5.06. The van der Waals surface area contributed by atoms with E-state index in [1.165, 1.54) is 0 Å². The van der Waals surface area contributed by atoms with E-state index in [0.29, 0.717) is 22.2 Å². The van der Waals surface area contributed by atoms with Crippen LogP contribution in [-0.2, 0) is 0 Å². The Bertz CT molecular complexity index is 1110. The van der Waals surface area contributed by atoms with Crippen LogP contribution in [0.25, 0.3) is 27.9 Å².